The fourth-order valence-corrected chi connectivity index (χ4v) is 1.69. The number of aromatic nitrogens is 2. The summed E-state index contributed by atoms with van der Waals surface area (Å²) in [5.74, 6) is -0.00964. The van der Waals surface area contributed by atoms with Crippen LogP contribution in [0.5, 0.6) is 5.75 Å². The van der Waals surface area contributed by atoms with Crippen molar-refractivity contribution in [2.75, 3.05) is 7.11 Å². The quantitative estimate of drug-likeness (QED) is 0.842. The third-order valence-electron chi connectivity index (χ3n) is 2.37. The van der Waals surface area contributed by atoms with Gasteiger partial charge in [-0.25, -0.2) is 0 Å². The molecule has 2 aromatic rings. The van der Waals surface area contributed by atoms with Crippen molar-refractivity contribution in [1.82, 2.24) is 10.2 Å². The minimum absolute atomic E-state index is 0.00964. The number of rotatable bonds is 2. The number of nitrogens with zero attached hydrogens (tertiary/aromatic N) is 2. The molecule has 0 spiro atoms. The van der Waals surface area contributed by atoms with E-state index in [1.165, 1.54) is 7.11 Å². The largest absolute Gasteiger partial charge is 0.494 e. The van der Waals surface area contributed by atoms with Gasteiger partial charge in [-0.15, -0.1) is 10.2 Å². The monoisotopic (exact) mass is 288 g/mol. The van der Waals surface area contributed by atoms with E-state index in [1.54, 1.807) is 24.3 Å². The summed E-state index contributed by atoms with van der Waals surface area (Å²) in [6.07, 6.45) is -4.56. The van der Waals surface area contributed by atoms with Crippen LogP contribution in [0.4, 0.5) is 13.2 Å². The second kappa shape index (κ2) is 5.05. The van der Waals surface area contributed by atoms with Gasteiger partial charge in [0.25, 0.3) is 0 Å². The van der Waals surface area contributed by atoms with Gasteiger partial charge in [0.2, 0.25) is 0 Å². The summed E-state index contributed by atoms with van der Waals surface area (Å²) < 4.78 is 42.5. The fourth-order valence-electron chi connectivity index (χ4n) is 1.50. The molecule has 7 heteroatoms. The minimum Gasteiger partial charge on any atom is -0.494 e. The van der Waals surface area contributed by atoms with Gasteiger partial charge in [-0.2, -0.15) is 13.2 Å². The van der Waals surface area contributed by atoms with E-state index >= 15 is 0 Å². The van der Waals surface area contributed by atoms with E-state index in [2.05, 4.69) is 10.2 Å². The fraction of sp³-hybridized carbons (Fsp3) is 0.167. The summed E-state index contributed by atoms with van der Waals surface area (Å²) in [5, 5.41) is 7.19. The van der Waals surface area contributed by atoms with Gasteiger partial charge < -0.3 is 4.74 Å². The molecule has 0 aliphatic rings. The number of methoxy groups -OCH3 is 1. The maximum Gasteiger partial charge on any atom is 0.435 e. The van der Waals surface area contributed by atoms with Crippen LogP contribution in [0.25, 0.3) is 11.3 Å². The number of alkyl halides is 3. The van der Waals surface area contributed by atoms with E-state index in [1.807, 2.05) is 0 Å². The van der Waals surface area contributed by atoms with Crippen molar-refractivity contribution in [3.8, 4) is 17.0 Å². The van der Waals surface area contributed by atoms with Crippen LogP contribution >= 0.6 is 11.6 Å². The maximum absolute atomic E-state index is 12.5. The summed E-state index contributed by atoms with van der Waals surface area (Å²) in [6.45, 7) is 0. The molecule has 1 aromatic heterocycles. The zero-order valence-corrected chi connectivity index (χ0v) is 10.5. The van der Waals surface area contributed by atoms with Gasteiger partial charge >= 0.3 is 6.18 Å². The van der Waals surface area contributed by atoms with E-state index < -0.39 is 11.9 Å². The molecule has 2 rings (SSSR count). The normalized spacial score (nSPS) is 11.4. The molecule has 0 fully saturated rings. The van der Waals surface area contributed by atoms with Crippen molar-refractivity contribution < 1.29 is 17.9 Å². The highest BCUT2D eigenvalue weighted by molar-refractivity contribution is 6.30. The first kappa shape index (κ1) is 13.6. The Kier molecular flexibility index (Phi) is 3.61. The van der Waals surface area contributed by atoms with Gasteiger partial charge in [-0.05, 0) is 12.1 Å². The number of hydrogen-bond donors (Lipinski definition) is 0. The Morgan fingerprint density at radius 1 is 1.16 bits per heavy atom. The Morgan fingerprint density at radius 3 is 2.47 bits per heavy atom. The average Bonchev–Trinajstić information content (AvgIpc) is 2.37. The molecule has 0 amide bonds. The Morgan fingerprint density at radius 2 is 1.89 bits per heavy atom. The number of ether oxygens (including phenoxy) is 1. The molecule has 19 heavy (non-hydrogen) atoms. The molecular formula is C12H8ClF3N2O. The number of halogens is 4. The zero-order chi connectivity index (χ0) is 14.0. The topological polar surface area (TPSA) is 35.0 Å². The third-order valence-corrected chi connectivity index (χ3v) is 2.60. The Balaban J connectivity index is 2.53. The summed E-state index contributed by atoms with van der Waals surface area (Å²) in [7, 11) is 1.27. The Labute approximate surface area is 112 Å². The summed E-state index contributed by atoms with van der Waals surface area (Å²) in [5.41, 5.74) is -0.362. The summed E-state index contributed by atoms with van der Waals surface area (Å²) in [6, 6.07) is 7.35. The third kappa shape index (κ3) is 2.96. The molecular weight excluding hydrogens is 281 g/mol. The van der Waals surface area contributed by atoms with Crippen LogP contribution < -0.4 is 4.74 Å². The van der Waals surface area contributed by atoms with Crippen molar-refractivity contribution in [3.63, 3.8) is 0 Å². The molecule has 0 atom stereocenters. The Bertz CT molecular complexity index is 602. The molecule has 0 saturated carbocycles. The van der Waals surface area contributed by atoms with Crippen LogP contribution in [0.1, 0.15) is 5.69 Å². The van der Waals surface area contributed by atoms with Crippen molar-refractivity contribution in [2.45, 2.75) is 6.18 Å². The lowest BCUT2D eigenvalue weighted by molar-refractivity contribution is -0.141. The lowest BCUT2D eigenvalue weighted by Crippen LogP contribution is -2.10. The van der Waals surface area contributed by atoms with Gasteiger partial charge in [0.05, 0.1) is 7.11 Å². The van der Waals surface area contributed by atoms with E-state index in [4.69, 9.17) is 16.3 Å². The molecule has 0 aliphatic heterocycles. The highest BCUT2D eigenvalue weighted by Gasteiger charge is 2.34. The van der Waals surface area contributed by atoms with E-state index in [9.17, 15) is 13.2 Å². The second-order valence-corrected chi connectivity index (χ2v) is 4.09. The molecule has 1 heterocycles. The van der Waals surface area contributed by atoms with Crippen LogP contribution in [0, 0.1) is 0 Å². The van der Waals surface area contributed by atoms with Gasteiger partial charge in [0.1, 0.15) is 11.4 Å². The van der Waals surface area contributed by atoms with Crippen molar-refractivity contribution in [2.24, 2.45) is 0 Å². The first-order valence-electron chi connectivity index (χ1n) is 5.16. The lowest BCUT2D eigenvalue weighted by Gasteiger charge is -2.10. The highest BCUT2D eigenvalue weighted by Crippen LogP contribution is 2.34. The van der Waals surface area contributed by atoms with Crippen molar-refractivity contribution in [3.05, 3.63) is 41.0 Å². The van der Waals surface area contributed by atoms with Gasteiger partial charge in [-0.1, -0.05) is 23.7 Å². The predicted octanol–water partition coefficient (Wildman–Crippen LogP) is 3.82. The average molecular weight is 289 g/mol. The maximum atomic E-state index is 12.5. The molecule has 3 nitrogen and oxygen atoms in total. The van der Waals surface area contributed by atoms with Crippen LogP contribution in [0.2, 0.25) is 5.02 Å². The molecule has 0 unspecified atom stereocenters. The van der Waals surface area contributed by atoms with E-state index in [0.29, 0.717) is 10.6 Å². The number of benzene rings is 1. The van der Waals surface area contributed by atoms with E-state index in [-0.39, 0.29) is 11.4 Å². The predicted molar refractivity (Wildman–Crippen MR) is 64.0 cm³/mol. The first-order valence-corrected chi connectivity index (χ1v) is 5.54. The Hall–Kier alpha value is -1.82. The lowest BCUT2D eigenvalue weighted by atomic mass is 10.1. The van der Waals surface area contributed by atoms with Crippen LogP contribution in [-0.2, 0) is 6.18 Å². The van der Waals surface area contributed by atoms with Crippen LogP contribution in [-0.4, -0.2) is 17.3 Å². The second-order valence-electron chi connectivity index (χ2n) is 3.65. The molecule has 0 N–H and O–H groups in total. The van der Waals surface area contributed by atoms with Gasteiger partial charge in [0, 0.05) is 16.7 Å². The standard InChI is InChI=1S/C12H8ClF3N2O/c1-19-9-6-10(12(14,15)16)17-18-11(9)7-3-2-4-8(13)5-7/h2-6H,1H3. The van der Waals surface area contributed by atoms with Crippen LogP contribution in [0.3, 0.4) is 0 Å². The minimum atomic E-state index is -4.56. The molecule has 1 aromatic carbocycles. The molecule has 0 saturated heterocycles. The zero-order valence-electron chi connectivity index (χ0n) is 9.70. The van der Waals surface area contributed by atoms with Crippen molar-refractivity contribution >= 4 is 11.6 Å². The SMILES string of the molecule is COc1cc(C(F)(F)F)nnc1-c1cccc(Cl)c1. The molecule has 100 valence electrons. The van der Waals surface area contributed by atoms with Crippen molar-refractivity contribution in [1.29, 1.82) is 0 Å². The van der Waals surface area contributed by atoms with Crippen LogP contribution in [0.15, 0.2) is 30.3 Å². The number of hydrogen-bond acceptors (Lipinski definition) is 3. The molecule has 0 bridgehead atoms. The molecule has 0 radical (unpaired) electrons. The smallest absolute Gasteiger partial charge is 0.435 e. The summed E-state index contributed by atoms with van der Waals surface area (Å²) in [4.78, 5) is 0. The van der Waals surface area contributed by atoms with Gasteiger partial charge in [0.15, 0.2) is 5.69 Å². The molecule has 0 aliphatic carbocycles. The first-order chi connectivity index (χ1) is 8.91. The summed E-state index contributed by atoms with van der Waals surface area (Å²) >= 11 is 5.83. The van der Waals surface area contributed by atoms with E-state index in [0.717, 1.165) is 6.07 Å². The van der Waals surface area contributed by atoms with Gasteiger partial charge in [-0.3, -0.25) is 0 Å². The highest BCUT2D eigenvalue weighted by atomic mass is 35.5.